The number of hydrogen-bond acceptors (Lipinski definition) is 6. The zero-order chi connectivity index (χ0) is 17.2. The summed E-state index contributed by atoms with van der Waals surface area (Å²) < 4.78 is 0. The second-order valence-corrected chi connectivity index (χ2v) is 7.16. The van der Waals surface area contributed by atoms with E-state index in [9.17, 15) is 4.79 Å². The van der Waals surface area contributed by atoms with E-state index in [1.54, 1.807) is 6.33 Å². The molecule has 1 saturated carbocycles. The molecule has 2 aliphatic rings. The van der Waals surface area contributed by atoms with Gasteiger partial charge in [-0.05, 0) is 38.1 Å². The van der Waals surface area contributed by atoms with Gasteiger partial charge in [0.05, 0.1) is 12.9 Å². The molecule has 8 heteroatoms. The van der Waals surface area contributed by atoms with Gasteiger partial charge >= 0.3 is 0 Å². The van der Waals surface area contributed by atoms with Crippen molar-refractivity contribution in [1.29, 1.82) is 0 Å². The maximum absolute atomic E-state index is 12.6. The average molecular weight is 343 g/mol. The fraction of sp³-hybridized carbons (Fsp3) is 0.647. The molecule has 2 aromatic rings. The second-order valence-electron chi connectivity index (χ2n) is 7.16. The molecule has 0 radical (unpaired) electrons. The number of nitrogens with one attached hydrogen (secondary N) is 2. The average Bonchev–Trinajstić information content (AvgIpc) is 3.34. The van der Waals surface area contributed by atoms with Gasteiger partial charge in [0.25, 0.3) is 0 Å². The van der Waals surface area contributed by atoms with E-state index in [1.807, 2.05) is 16.8 Å². The van der Waals surface area contributed by atoms with E-state index in [0.29, 0.717) is 24.1 Å². The van der Waals surface area contributed by atoms with Gasteiger partial charge in [-0.15, -0.1) is 0 Å². The van der Waals surface area contributed by atoms with E-state index < -0.39 is 0 Å². The quantitative estimate of drug-likeness (QED) is 0.806. The predicted octanol–water partition coefficient (Wildman–Crippen LogP) is 0.780. The van der Waals surface area contributed by atoms with Crippen molar-refractivity contribution in [2.75, 3.05) is 38.1 Å². The Balaban J connectivity index is 1.30. The lowest BCUT2D eigenvalue weighted by atomic mass is 10.0. The van der Waals surface area contributed by atoms with Crippen LogP contribution in [0.5, 0.6) is 0 Å². The van der Waals surface area contributed by atoms with Crippen molar-refractivity contribution in [3.05, 3.63) is 12.7 Å². The summed E-state index contributed by atoms with van der Waals surface area (Å²) in [6.45, 7) is 3.12. The lowest BCUT2D eigenvalue weighted by molar-refractivity contribution is -0.130. The number of carbonyl (C=O) groups excluding carboxylic acids is 1. The zero-order valence-electron chi connectivity index (χ0n) is 14.6. The molecule has 3 heterocycles. The number of carbonyl (C=O) groups is 1. The summed E-state index contributed by atoms with van der Waals surface area (Å²) >= 11 is 0. The van der Waals surface area contributed by atoms with Crippen molar-refractivity contribution >= 4 is 22.9 Å². The van der Waals surface area contributed by atoms with E-state index in [2.05, 4.69) is 25.3 Å². The Bertz CT molecular complexity index is 733. The number of rotatable bonds is 6. The molecule has 0 atom stereocenters. The van der Waals surface area contributed by atoms with Crippen molar-refractivity contribution < 1.29 is 4.79 Å². The molecule has 8 nitrogen and oxygen atoms in total. The van der Waals surface area contributed by atoms with Crippen LogP contribution in [0.4, 0.5) is 5.82 Å². The fourth-order valence-electron chi connectivity index (χ4n) is 3.41. The van der Waals surface area contributed by atoms with Gasteiger partial charge in [-0.2, -0.15) is 0 Å². The number of aromatic nitrogens is 4. The molecule has 134 valence electrons. The summed E-state index contributed by atoms with van der Waals surface area (Å²) in [5, 5.41) is 3.65. The van der Waals surface area contributed by atoms with Gasteiger partial charge < -0.3 is 20.1 Å². The minimum atomic E-state index is 0.148. The van der Waals surface area contributed by atoms with Crippen molar-refractivity contribution in [2.45, 2.75) is 31.7 Å². The van der Waals surface area contributed by atoms with Gasteiger partial charge in [-0.1, -0.05) is 0 Å². The number of likely N-dealkylation sites (N-methyl/N-ethyl adjacent to an activating group) is 1. The highest BCUT2D eigenvalue weighted by Crippen LogP contribution is 2.28. The van der Waals surface area contributed by atoms with Gasteiger partial charge in [-0.3, -0.25) is 4.79 Å². The first-order chi connectivity index (χ1) is 12.2. The van der Waals surface area contributed by atoms with Crippen LogP contribution in [0, 0.1) is 5.92 Å². The fourth-order valence-corrected chi connectivity index (χ4v) is 3.41. The first-order valence-electron chi connectivity index (χ1n) is 9.07. The number of anilines is 1. The summed E-state index contributed by atoms with van der Waals surface area (Å²) in [5.74, 6) is 1.76. The molecule has 2 fully saturated rings. The Kier molecular flexibility index (Phi) is 4.52. The van der Waals surface area contributed by atoms with Crippen molar-refractivity contribution in [2.24, 2.45) is 5.92 Å². The van der Waals surface area contributed by atoms with E-state index in [-0.39, 0.29) is 5.91 Å². The van der Waals surface area contributed by atoms with Gasteiger partial charge in [0.2, 0.25) is 5.91 Å². The van der Waals surface area contributed by atoms with E-state index in [4.69, 9.17) is 0 Å². The van der Waals surface area contributed by atoms with Crippen LogP contribution < -0.4 is 10.2 Å². The molecule has 1 aliphatic heterocycles. The van der Waals surface area contributed by atoms with Crippen molar-refractivity contribution in [1.82, 2.24) is 30.2 Å². The molecule has 0 aromatic carbocycles. The van der Waals surface area contributed by atoms with Crippen molar-refractivity contribution in [3.8, 4) is 0 Å². The third kappa shape index (κ3) is 3.73. The monoisotopic (exact) mass is 343 g/mol. The summed E-state index contributed by atoms with van der Waals surface area (Å²) in [4.78, 5) is 32.1. The van der Waals surface area contributed by atoms with Crippen LogP contribution in [0.2, 0.25) is 0 Å². The number of likely N-dealkylation sites (tertiary alicyclic amines) is 1. The van der Waals surface area contributed by atoms with Crippen LogP contribution in [0.1, 0.15) is 25.7 Å². The molecular formula is C17H25N7O. The Morgan fingerprint density at radius 3 is 2.84 bits per heavy atom. The lowest BCUT2D eigenvalue weighted by Crippen LogP contribution is -2.48. The SMILES string of the molecule is CN(CC(=O)N1CCC(NCC2CC2)CC1)c1ncnc2nc[nH]c12. The number of H-pyrrole nitrogens is 1. The van der Waals surface area contributed by atoms with Gasteiger partial charge in [0, 0.05) is 26.2 Å². The Labute approximate surface area is 147 Å². The van der Waals surface area contributed by atoms with Crippen LogP contribution in [0.15, 0.2) is 12.7 Å². The van der Waals surface area contributed by atoms with E-state index >= 15 is 0 Å². The molecule has 2 N–H and O–H groups in total. The first-order valence-corrected chi connectivity index (χ1v) is 9.07. The first kappa shape index (κ1) is 16.3. The Morgan fingerprint density at radius 1 is 1.28 bits per heavy atom. The molecule has 25 heavy (non-hydrogen) atoms. The minimum absolute atomic E-state index is 0.148. The number of aromatic amines is 1. The molecular weight excluding hydrogens is 318 g/mol. The van der Waals surface area contributed by atoms with Crippen LogP contribution in [0.25, 0.3) is 11.2 Å². The van der Waals surface area contributed by atoms with Crippen LogP contribution >= 0.6 is 0 Å². The molecule has 2 aromatic heterocycles. The Hall–Kier alpha value is -2.22. The number of imidazole rings is 1. The minimum Gasteiger partial charge on any atom is -0.348 e. The number of piperidine rings is 1. The second kappa shape index (κ2) is 6.95. The highest BCUT2D eigenvalue weighted by atomic mass is 16.2. The summed E-state index contributed by atoms with van der Waals surface area (Å²) in [5.41, 5.74) is 1.38. The molecule has 0 spiro atoms. The molecule has 0 bridgehead atoms. The maximum Gasteiger partial charge on any atom is 0.242 e. The number of amides is 1. The van der Waals surface area contributed by atoms with Crippen LogP contribution in [-0.2, 0) is 4.79 Å². The van der Waals surface area contributed by atoms with Crippen molar-refractivity contribution in [3.63, 3.8) is 0 Å². The number of hydrogen-bond donors (Lipinski definition) is 2. The van der Waals surface area contributed by atoms with E-state index in [1.165, 1.54) is 19.2 Å². The molecule has 1 saturated heterocycles. The molecule has 4 rings (SSSR count). The van der Waals surface area contributed by atoms with Crippen LogP contribution in [0.3, 0.4) is 0 Å². The Morgan fingerprint density at radius 2 is 2.08 bits per heavy atom. The van der Waals surface area contributed by atoms with Gasteiger partial charge in [-0.25, -0.2) is 15.0 Å². The zero-order valence-corrected chi connectivity index (χ0v) is 14.6. The normalized spacial score (nSPS) is 18.7. The molecule has 0 unspecified atom stereocenters. The molecule has 1 aliphatic carbocycles. The molecule has 1 amide bonds. The summed E-state index contributed by atoms with van der Waals surface area (Å²) in [6.07, 6.45) is 7.92. The third-order valence-corrected chi connectivity index (χ3v) is 5.18. The topological polar surface area (TPSA) is 90.0 Å². The van der Waals surface area contributed by atoms with Crippen LogP contribution in [-0.4, -0.2) is 70.0 Å². The smallest absolute Gasteiger partial charge is 0.242 e. The summed E-state index contributed by atoms with van der Waals surface area (Å²) in [6, 6.07) is 0.564. The standard InChI is InChI=1S/C17H25N7O/c1-23(17-15-16(20-10-19-15)21-11-22-17)9-14(25)24-6-4-13(5-7-24)18-8-12-2-3-12/h10-13,18H,2-9H2,1H3,(H,19,20,21,22). The maximum atomic E-state index is 12.6. The third-order valence-electron chi connectivity index (χ3n) is 5.18. The highest BCUT2D eigenvalue weighted by molar-refractivity contribution is 5.87. The van der Waals surface area contributed by atoms with Gasteiger partial charge in [0.15, 0.2) is 11.5 Å². The van der Waals surface area contributed by atoms with Gasteiger partial charge in [0.1, 0.15) is 11.8 Å². The largest absolute Gasteiger partial charge is 0.348 e. The highest BCUT2D eigenvalue weighted by Gasteiger charge is 2.26. The number of nitrogens with zero attached hydrogens (tertiary/aromatic N) is 5. The predicted molar refractivity (Wildman–Crippen MR) is 95.3 cm³/mol. The lowest BCUT2D eigenvalue weighted by Gasteiger charge is -2.33. The summed E-state index contributed by atoms with van der Waals surface area (Å²) in [7, 11) is 1.88. The number of fused-ring (bicyclic) bond motifs is 1. The van der Waals surface area contributed by atoms with E-state index in [0.717, 1.165) is 43.9 Å².